The first-order valence-electron chi connectivity index (χ1n) is 6.30. The number of hydrogen-bond donors (Lipinski definition) is 0. The second-order valence-electron chi connectivity index (χ2n) is 5.30. The lowest BCUT2D eigenvalue weighted by Crippen LogP contribution is -2.12. The van der Waals surface area contributed by atoms with Gasteiger partial charge in [-0.2, -0.15) is 5.26 Å². The van der Waals surface area contributed by atoms with Gasteiger partial charge < -0.3 is 0 Å². The average Bonchev–Trinajstić information content (AvgIpc) is 2.44. The third-order valence-electron chi connectivity index (χ3n) is 3.20. The molecule has 0 aliphatic rings. The SMILES string of the molecule is CC(C)(C#N)CCS(=O)c1ccc2ccccc2c1. The van der Waals surface area contributed by atoms with Crippen molar-refractivity contribution in [3.63, 3.8) is 0 Å². The Morgan fingerprint density at radius 2 is 1.84 bits per heavy atom. The normalized spacial score (nSPS) is 13.1. The van der Waals surface area contributed by atoms with Crippen LogP contribution in [0.4, 0.5) is 0 Å². The van der Waals surface area contributed by atoms with Gasteiger partial charge in [0.15, 0.2) is 0 Å². The Bertz CT molecular complexity index is 655. The zero-order chi connectivity index (χ0) is 13.9. The molecule has 0 spiro atoms. The van der Waals surface area contributed by atoms with Crippen molar-refractivity contribution in [1.29, 1.82) is 5.26 Å². The molecule has 0 heterocycles. The van der Waals surface area contributed by atoms with Gasteiger partial charge in [0.1, 0.15) is 0 Å². The zero-order valence-electron chi connectivity index (χ0n) is 11.2. The molecule has 2 aromatic rings. The maximum atomic E-state index is 12.3. The Morgan fingerprint density at radius 3 is 2.53 bits per heavy atom. The maximum Gasteiger partial charge on any atom is 0.0684 e. The second-order valence-corrected chi connectivity index (χ2v) is 6.87. The highest BCUT2D eigenvalue weighted by atomic mass is 32.2. The van der Waals surface area contributed by atoms with Gasteiger partial charge in [-0.3, -0.25) is 4.21 Å². The van der Waals surface area contributed by atoms with Gasteiger partial charge in [-0.15, -0.1) is 0 Å². The highest BCUT2D eigenvalue weighted by Gasteiger charge is 2.18. The number of nitrogens with zero attached hydrogens (tertiary/aromatic N) is 1. The molecule has 0 saturated heterocycles. The van der Waals surface area contributed by atoms with Crippen LogP contribution in [0.25, 0.3) is 10.8 Å². The van der Waals surface area contributed by atoms with Gasteiger partial charge >= 0.3 is 0 Å². The van der Waals surface area contributed by atoms with Crippen LogP contribution >= 0.6 is 0 Å². The van der Waals surface area contributed by atoms with E-state index in [1.165, 1.54) is 0 Å². The smallest absolute Gasteiger partial charge is 0.0684 e. The molecule has 0 fully saturated rings. The zero-order valence-corrected chi connectivity index (χ0v) is 12.0. The van der Waals surface area contributed by atoms with Gasteiger partial charge in [-0.05, 0) is 43.2 Å². The monoisotopic (exact) mass is 271 g/mol. The van der Waals surface area contributed by atoms with E-state index < -0.39 is 16.2 Å². The fraction of sp³-hybridized carbons (Fsp3) is 0.312. The van der Waals surface area contributed by atoms with E-state index in [9.17, 15) is 4.21 Å². The van der Waals surface area contributed by atoms with Gasteiger partial charge in [0.2, 0.25) is 0 Å². The summed E-state index contributed by atoms with van der Waals surface area (Å²) in [6.07, 6.45) is 0.642. The summed E-state index contributed by atoms with van der Waals surface area (Å²) >= 11 is 0. The van der Waals surface area contributed by atoms with Crippen molar-refractivity contribution in [2.75, 3.05) is 5.75 Å². The molecule has 0 amide bonds. The summed E-state index contributed by atoms with van der Waals surface area (Å²) in [6.45, 7) is 3.76. The van der Waals surface area contributed by atoms with Gasteiger partial charge in [-0.1, -0.05) is 30.3 Å². The van der Waals surface area contributed by atoms with E-state index in [4.69, 9.17) is 5.26 Å². The lowest BCUT2D eigenvalue weighted by Gasteiger charge is -2.14. The molecule has 19 heavy (non-hydrogen) atoms. The topological polar surface area (TPSA) is 40.9 Å². The minimum absolute atomic E-state index is 0.410. The van der Waals surface area contributed by atoms with Gasteiger partial charge in [0.05, 0.1) is 22.3 Å². The molecular weight excluding hydrogens is 254 g/mol. The molecule has 0 N–H and O–H groups in total. The van der Waals surface area contributed by atoms with Gasteiger partial charge in [-0.25, -0.2) is 0 Å². The third kappa shape index (κ3) is 3.42. The molecule has 2 nitrogen and oxygen atoms in total. The fourth-order valence-corrected chi connectivity index (χ4v) is 3.24. The molecule has 0 aliphatic heterocycles. The molecule has 1 unspecified atom stereocenters. The van der Waals surface area contributed by atoms with Crippen LogP contribution in [-0.4, -0.2) is 9.96 Å². The van der Waals surface area contributed by atoms with Crippen LogP contribution in [0.1, 0.15) is 20.3 Å². The predicted octanol–water partition coefficient (Wildman–Crippen LogP) is 3.89. The predicted molar refractivity (Wildman–Crippen MR) is 79.2 cm³/mol. The standard InChI is InChI=1S/C16H17NOS/c1-16(2,12-17)9-10-19(18)15-8-7-13-5-3-4-6-14(13)11-15/h3-8,11H,9-10H2,1-2H3. The summed E-state index contributed by atoms with van der Waals surface area (Å²) in [6, 6.07) is 16.2. The molecule has 0 aromatic heterocycles. The fourth-order valence-electron chi connectivity index (χ4n) is 1.83. The summed E-state index contributed by atoms with van der Waals surface area (Å²) in [5.74, 6) is 0.527. The third-order valence-corrected chi connectivity index (χ3v) is 4.55. The summed E-state index contributed by atoms with van der Waals surface area (Å²) < 4.78 is 12.3. The molecule has 3 heteroatoms. The highest BCUT2D eigenvalue weighted by molar-refractivity contribution is 7.85. The van der Waals surface area contributed by atoms with E-state index in [1.54, 1.807) is 0 Å². The molecule has 1 atom stereocenters. The Labute approximate surface area is 116 Å². The number of hydrogen-bond acceptors (Lipinski definition) is 2. The molecule has 2 aromatic carbocycles. The number of fused-ring (bicyclic) bond motifs is 1. The van der Waals surface area contributed by atoms with Crippen molar-refractivity contribution in [3.05, 3.63) is 42.5 Å². The van der Waals surface area contributed by atoms with Crippen LogP contribution in [0.3, 0.4) is 0 Å². The Hall–Kier alpha value is -1.66. The van der Waals surface area contributed by atoms with E-state index in [0.717, 1.165) is 15.7 Å². The summed E-state index contributed by atoms with van der Waals surface area (Å²) in [4.78, 5) is 0.840. The first kappa shape index (κ1) is 13.8. The van der Waals surface area contributed by atoms with Crippen LogP contribution in [0.5, 0.6) is 0 Å². The Balaban J connectivity index is 2.16. The van der Waals surface area contributed by atoms with Crippen molar-refractivity contribution >= 4 is 21.6 Å². The molecule has 0 aliphatic carbocycles. The van der Waals surface area contributed by atoms with Gasteiger partial charge in [0, 0.05) is 10.6 Å². The van der Waals surface area contributed by atoms with Crippen LogP contribution in [0.15, 0.2) is 47.4 Å². The van der Waals surface area contributed by atoms with Crippen molar-refractivity contribution in [1.82, 2.24) is 0 Å². The molecule has 0 radical (unpaired) electrons. The quantitative estimate of drug-likeness (QED) is 0.846. The van der Waals surface area contributed by atoms with Crippen molar-refractivity contribution in [2.45, 2.75) is 25.2 Å². The van der Waals surface area contributed by atoms with Gasteiger partial charge in [0.25, 0.3) is 0 Å². The average molecular weight is 271 g/mol. The van der Waals surface area contributed by atoms with Crippen LogP contribution < -0.4 is 0 Å². The molecule has 0 bridgehead atoms. The van der Waals surface area contributed by atoms with E-state index in [0.29, 0.717) is 12.2 Å². The van der Waals surface area contributed by atoms with E-state index in [2.05, 4.69) is 6.07 Å². The highest BCUT2D eigenvalue weighted by Crippen LogP contribution is 2.22. The van der Waals surface area contributed by atoms with E-state index in [1.807, 2.05) is 56.3 Å². The molecule has 98 valence electrons. The van der Waals surface area contributed by atoms with E-state index in [-0.39, 0.29) is 0 Å². The van der Waals surface area contributed by atoms with Crippen LogP contribution in [0.2, 0.25) is 0 Å². The summed E-state index contributed by atoms with van der Waals surface area (Å²) in [5.41, 5.74) is -0.410. The number of benzene rings is 2. The Kier molecular flexibility index (Phi) is 4.01. The first-order chi connectivity index (χ1) is 9.02. The molecular formula is C16H17NOS. The van der Waals surface area contributed by atoms with Crippen LogP contribution in [0, 0.1) is 16.7 Å². The minimum Gasteiger partial charge on any atom is -0.254 e. The second kappa shape index (κ2) is 5.54. The van der Waals surface area contributed by atoms with Crippen LogP contribution in [-0.2, 0) is 10.8 Å². The lowest BCUT2D eigenvalue weighted by atomic mass is 9.93. The van der Waals surface area contributed by atoms with E-state index >= 15 is 0 Å². The Morgan fingerprint density at radius 1 is 1.16 bits per heavy atom. The molecule has 2 rings (SSSR count). The summed E-state index contributed by atoms with van der Waals surface area (Å²) in [5, 5.41) is 11.2. The first-order valence-corrected chi connectivity index (χ1v) is 7.62. The minimum atomic E-state index is -1.04. The largest absolute Gasteiger partial charge is 0.254 e. The maximum absolute atomic E-state index is 12.3. The number of nitriles is 1. The van der Waals surface area contributed by atoms with Crippen molar-refractivity contribution in [2.24, 2.45) is 5.41 Å². The number of rotatable bonds is 4. The molecule has 0 saturated carbocycles. The summed E-state index contributed by atoms with van der Waals surface area (Å²) in [7, 11) is -1.04. The van der Waals surface area contributed by atoms with Crippen molar-refractivity contribution in [3.8, 4) is 6.07 Å². The van der Waals surface area contributed by atoms with Crippen molar-refractivity contribution < 1.29 is 4.21 Å². The lowest BCUT2D eigenvalue weighted by molar-refractivity contribution is 0.479.